The summed E-state index contributed by atoms with van der Waals surface area (Å²) >= 11 is 0. The molecule has 0 radical (unpaired) electrons. The molecule has 1 aliphatic rings. The second-order valence-electron chi connectivity index (χ2n) is 6.69. The number of hydrogen-bond acceptors (Lipinski definition) is 4. The molecule has 0 saturated carbocycles. The van der Waals surface area contributed by atoms with E-state index in [1.54, 1.807) is 36.1 Å². The third-order valence-electron chi connectivity index (χ3n) is 4.44. The van der Waals surface area contributed by atoms with Crippen LogP contribution in [0.3, 0.4) is 0 Å². The topological polar surface area (TPSA) is 66.9 Å². The van der Waals surface area contributed by atoms with Crippen LogP contribution in [-0.4, -0.2) is 51.2 Å². The second-order valence-corrected chi connectivity index (χ2v) is 8.55. The zero-order valence-electron chi connectivity index (χ0n) is 15.4. The average molecular weight is 368 g/mol. The predicted octanol–water partition coefficient (Wildman–Crippen LogP) is 2.50. The van der Waals surface area contributed by atoms with Gasteiger partial charge in [0.05, 0.1) is 18.6 Å². The maximum Gasteiger partial charge on any atom is 0.246 e. The fraction of sp³-hybridized carbons (Fsp3) is 0.611. The zero-order chi connectivity index (χ0) is 18.6. The minimum atomic E-state index is -3.59. The lowest BCUT2D eigenvalue weighted by molar-refractivity contribution is -0.133. The molecule has 1 saturated heterocycles. The first-order valence-corrected chi connectivity index (χ1v) is 10.6. The molecule has 1 amide bonds. The summed E-state index contributed by atoms with van der Waals surface area (Å²) in [6.45, 7) is 7.57. The van der Waals surface area contributed by atoms with Gasteiger partial charge in [0.25, 0.3) is 0 Å². The largest absolute Gasteiger partial charge is 0.494 e. The Kier molecular flexibility index (Phi) is 6.32. The summed E-state index contributed by atoms with van der Waals surface area (Å²) in [6, 6.07) is 6.01. The van der Waals surface area contributed by atoms with Crippen LogP contribution in [0.15, 0.2) is 24.3 Å². The highest BCUT2D eigenvalue weighted by Crippen LogP contribution is 2.25. The molecule has 2 rings (SSSR count). The summed E-state index contributed by atoms with van der Waals surface area (Å²) < 4.78 is 31.3. The molecule has 0 spiro atoms. The lowest BCUT2D eigenvalue weighted by Gasteiger charge is -2.36. The molecule has 140 valence electrons. The molecule has 2 atom stereocenters. The van der Waals surface area contributed by atoms with E-state index in [-0.39, 0.29) is 5.91 Å². The second kappa shape index (κ2) is 8.08. The van der Waals surface area contributed by atoms with Gasteiger partial charge in [0, 0.05) is 13.1 Å². The molecule has 1 aromatic rings. The van der Waals surface area contributed by atoms with Crippen molar-refractivity contribution in [3.63, 3.8) is 0 Å². The Balaban J connectivity index is 2.26. The number of amides is 1. The van der Waals surface area contributed by atoms with Crippen LogP contribution in [0.25, 0.3) is 0 Å². The first kappa shape index (κ1) is 19.6. The third kappa shape index (κ3) is 4.87. The molecular weight excluding hydrogens is 340 g/mol. The van der Waals surface area contributed by atoms with Crippen molar-refractivity contribution < 1.29 is 17.9 Å². The first-order valence-electron chi connectivity index (χ1n) is 8.75. The van der Waals surface area contributed by atoms with E-state index in [9.17, 15) is 13.2 Å². The van der Waals surface area contributed by atoms with Crippen molar-refractivity contribution in [2.75, 3.05) is 30.3 Å². The Morgan fingerprint density at radius 2 is 2.00 bits per heavy atom. The van der Waals surface area contributed by atoms with E-state index in [1.807, 2.05) is 6.92 Å². The van der Waals surface area contributed by atoms with Crippen LogP contribution in [0.1, 0.15) is 33.6 Å². The van der Waals surface area contributed by atoms with Crippen LogP contribution in [-0.2, 0) is 14.8 Å². The van der Waals surface area contributed by atoms with Crippen LogP contribution in [0.4, 0.5) is 5.69 Å². The van der Waals surface area contributed by atoms with Crippen LogP contribution in [0.2, 0.25) is 0 Å². The molecule has 1 aliphatic heterocycles. The minimum Gasteiger partial charge on any atom is -0.494 e. The fourth-order valence-corrected chi connectivity index (χ4v) is 4.48. The van der Waals surface area contributed by atoms with Crippen molar-refractivity contribution in [3.05, 3.63) is 24.3 Å². The Bertz CT molecular complexity index is 688. The summed E-state index contributed by atoms with van der Waals surface area (Å²) in [5.41, 5.74) is 0.469. The van der Waals surface area contributed by atoms with Gasteiger partial charge in [-0.3, -0.25) is 9.10 Å². The van der Waals surface area contributed by atoms with Gasteiger partial charge in [-0.2, -0.15) is 0 Å². The molecule has 0 N–H and O–H groups in total. The Morgan fingerprint density at radius 3 is 2.52 bits per heavy atom. The van der Waals surface area contributed by atoms with Crippen LogP contribution >= 0.6 is 0 Å². The van der Waals surface area contributed by atoms with Crippen LogP contribution in [0.5, 0.6) is 5.75 Å². The van der Waals surface area contributed by atoms with Crippen molar-refractivity contribution in [3.8, 4) is 5.75 Å². The Hall–Kier alpha value is -1.76. The number of hydrogen-bond donors (Lipinski definition) is 0. The van der Waals surface area contributed by atoms with Gasteiger partial charge in [-0.25, -0.2) is 8.42 Å². The fourth-order valence-electron chi connectivity index (χ4n) is 3.31. The van der Waals surface area contributed by atoms with Gasteiger partial charge in [0.1, 0.15) is 11.8 Å². The molecule has 0 bridgehead atoms. The molecular formula is C18H28N2O4S. The number of likely N-dealkylation sites (tertiary alicyclic amines) is 1. The number of carbonyl (C=O) groups is 1. The summed E-state index contributed by atoms with van der Waals surface area (Å²) in [7, 11) is -3.59. The molecule has 0 aliphatic carbocycles. The van der Waals surface area contributed by atoms with Crippen LogP contribution in [0, 0.1) is 5.92 Å². The molecule has 1 heterocycles. The molecule has 7 heteroatoms. The van der Waals surface area contributed by atoms with E-state index in [2.05, 4.69) is 6.92 Å². The van der Waals surface area contributed by atoms with Gasteiger partial charge in [-0.05, 0) is 56.9 Å². The SMILES string of the molecule is CCOc1ccc(N([C@H](C)C(=O)N2CCC[C@H](C)C2)S(C)(=O)=O)cc1. The van der Waals surface area contributed by atoms with E-state index in [1.165, 1.54) is 4.31 Å². The van der Waals surface area contributed by atoms with E-state index in [4.69, 9.17) is 4.74 Å². The van der Waals surface area contributed by atoms with E-state index >= 15 is 0 Å². The molecule has 1 aromatic carbocycles. The van der Waals surface area contributed by atoms with Crippen molar-refractivity contribution in [2.45, 2.75) is 39.7 Å². The monoisotopic (exact) mass is 368 g/mol. The number of ether oxygens (including phenoxy) is 1. The van der Waals surface area contributed by atoms with Gasteiger partial charge in [0.15, 0.2) is 0 Å². The van der Waals surface area contributed by atoms with Gasteiger partial charge in [0.2, 0.25) is 15.9 Å². The number of anilines is 1. The molecule has 25 heavy (non-hydrogen) atoms. The lowest BCUT2D eigenvalue weighted by atomic mass is 10.00. The predicted molar refractivity (Wildman–Crippen MR) is 99.4 cm³/mol. The zero-order valence-corrected chi connectivity index (χ0v) is 16.3. The normalized spacial score (nSPS) is 19.4. The highest BCUT2D eigenvalue weighted by molar-refractivity contribution is 7.92. The highest BCUT2D eigenvalue weighted by atomic mass is 32.2. The van der Waals surface area contributed by atoms with Gasteiger partial charge >= 0.3 is 0 Å². The standard InChI is InChI=1S/C18H28N2O4S/c1-5-24-17-10-8-16(9-11-17)20(25(4,22)23)15(3)18(21)19-12-6-7-14(2)13-19/h8-11,14-15H,5-7,12-13H2,1-4H3/t14-,15+/m0/s1. The quantitative estimate of drug-likeness (QED) is 0.774. The summed E-state index contributed by atoms with van der Waals surface area (Å²) in [5.74, 6) is 0.969. The maximum atomic E-state index is 12.9. The molecule has 0 aromatic heterocycles. The third-order valence-corrected chi connectivity index (χ3v) is 5.68. The Morgan fingerprint density at radius 1 is 1.36 bits per heavy atom. The molecule has 1 fully saturated rings. The number of rotatable bonds is 6. The molecule has 6 nitrogen and oxygen atoms in total. The summed E-state index contributed by atoms with van der Waals surface area (Å²) in [5, 5.41) is 0. The maximum absolute atomic E-state index is 12.9. The average Bonchev–Trinajstić information content (AvgIpc) is 2.55. The van der Waals surface area contributed by atoms with Crippen molar-refractivity contribution in [1.29, 1.82) is 0 Å². The van der Waals surface area contributed by atoms with Crippen LogP contribution < -0.4 is 9.04 Å². The summed E-state index contributed by atoms with van der Waals surface area (Å²) in [6.07, 6.45) is 3.19. The minimum absolute atomic E-state index is 0.147. The number of piperidine rings is 1. The summed E-state index contributed by atoms with van der Waals surface area (Å²) in [4.78, 5) is 14.7. The molecule has 0 unspecified atom stereocenters. The smallest absolute Gasteiger partial charge is 0.246 e. The number of sulfonamides is 1. The van der Waals surface area contributed by atoms with Crippen molar-refractivity contribution in [2.24, 2.45) is 5.92 Å². The van der Waals surface area contributed by atoms with Crippen molar-refractivity contribution >= 4 is 21.6 Å². The lowest BCUT2D eigenvalue weighted by Crippen LogP contribution is -2.51. The Labute approximate surface area is 150 Å². The number of benzene rings is 1. The number of carbonyl (C=O) groups excluding carboxylic acids is 1. The van der Waals surface area contributed by atoms with E-state index < -0.39 is 16.1 Å². The first-order chi connectivity index (χ1) is 11.7. The van der Waals surface area contributed by atoms with E-state index in [0.29, 0.717) is 37.1 Å². The van der Waals surface area contributed by atoms with Gasteiger partial charge in [-0.1, -0.05) is 6.92 Å². The van der Waals surface area contributed by atoms with E-state index in [0.717, 1.165) is 19.1 Å². The van der Waals surface area contributed by atoms with Gasteiger partial charge in [-0.15, -0.1) is 0 Å². The number of nitrogens with zero attached hydrogens (tertiary/aromatic N) is 2. The highest BCUT2D eigenvalue weighted by Gasteiger charge is 2.33. The van der Waals surface area contributed by atoms with Crippen molar-refractivity contribution in [1.82, 2.24) is 4.90 Å². The van der Waals surface area contributed by atoms with Gasteiger partial charge < -0.3 is 9.64 Å².